The number of aryl methyl sites for hydroxylation is 1. The monoisotopic (exact) mass is 321 g/mol. The highest BCUT2D eigenvalue weighted by atomic mass is 79.9. The number of hydrogen-bond donors (Lipinski definition) is 0. The summed E-state index contributed by atoms with van der Waals surface area (Å²) in [5.41, 5.74) is 3.60. The molecule has 0 radical (unpaired) electrons. The van der Waals surface area contributed by atoms with Crippen molar-refractivity contribution in [1.29, 1.82) is 0 Å². The smallest absolute Gasteiger partial charge is 0.213 e. The number of pyridine rings is 1. The van der Waals surface area contributed by atoms with Crippen molar-refractivity contribution >= 4 is 15.9 Å². The van der Waals surface area contributed by atoms with Gasteiger partial charge in [-0.1, -0.05) is 45.0 Å². The second-order valence-corrected chi connectivity index (χ2v) is 4.61. The van der Waals surface area contributed by atoms with Crippen LogP contribution in [0.25, 0.3) is 11.1 Å². The molecule has 0 saturated heterocycles. The lowest BCUT2D eigenvalue weighted by Gasteiger charge is -2.07. The van der Waals surface area contributed by atoms with Crippen LogP contribution in [0.5, 0.6) is 5.88 Å². The summed E-state index contributed by atoms with van der Waals surface area (Å²) < 4.78 is 6.12. The zero-order valence-corrected chi connectivity index (χ0v) is 13.5. The number of rotatable bonds is 3. The summed E-state index contributed by atoms with van der Waals surface area (Å²) in [6.45, 7) is 6.15. The van der Waals surface area contributed by atoms with Crippen LogP contribution in [0, 0.1) is 0 Å². The van der Waals surface area contributed by atoms with Crippen molar-refractivity contribution < 1.29 is 4.74 Å². The number of aromatic nitrogens is 1. The summed E-state index contributed by atoms with van der Waals surface area (Å²) in [7, 11) is 1.63. The van der Waals surface area contributed by atoms with Gasteiger partial charge in [0.05, 0.1) is 7.11 Å². The van der Waals surface area contributed by atoms with Gasteiger partial charge in [-0.25, -0.2) is 4.98 Å². The van der Waals surface area contributed by atoms with E-state index in [2.05, 4.69) is 52.1 Å². The second kappa shape index (κ2) is 7.95. The number of hydrogen-bond acceptors (Lipinski definition) is 2. The Labute approximate surface area is 124 Å². The maximum atomic E-state index is 5.14. The topological polar surface area (TPSA) is 22.1 Å². The van der Waals surface area contributed by atoms with Gasteiger partial charge >= 0.3 is 0 Å². The van der Waals surface area contributed by atoms with E-state index in [0.29, 0.717) is 5.88 Å². The average Bonchev–Trinajstić information content (AvgIpc) is 2.50. The molecule has 1 aromatic carbocycles. The van der Waals surface area contributed by atoms with Gasteiger partial charge in [-0.05, 0) is 33.5 Å². The van der Waals surface area contributed by atoms with Crippen molar-refractivity contribution in [2.45, 2.75) is 27.2 Å². The first-order valence-electron chi connectivity index (χ1n) is 6.53. The van der Waals surface area contributed by atoms with Crippen LogP contribution in [0.3, 0.4) is 0 Å². The third kappa shape index (κ3) is 4.06. The fourth-order valence-electron chi connectivity index (χ4n) is 1.67. The Kier molecular flexibility index (Phi) is 6.57. The van der Waals surface area contributed by atoms with Gasteiger partial charge in [0, 0.05) is 22.3 Å². The van der Waals surface area contributed by atoms with Gasteiger partial charge in [0.2, 0.25) is 5.88 Å². The third-order valence-electron chi connectivity index (χ3n) is 2.71. The minimum absolute atomic E-state index is 0.628. The molecule has 2 nitrogen and oxygen atoms in total. The molecule has 0 fully saturated rings. The van der Waals surface area contributed by atoms with E-state index in [9.17, 15) is 0 Å². The van der Waals surface area contributed by atoms with Gasteiger partial charge in [-0.2, -0.15) is 0 Å². The van der Waals surface area contributed by atoms with Crippen molar-refractivity contribution in [3.63, 3.8) is 0 Å². The van der Waals surface area contributed by atoms with Crippen molar-refractivity contribution in [2.75, 3.05) is 7.11 Å². The van der Waals surface area contributed by atoms with Crippen molar-refractivity contribution in [2.24, 2.45) is 0 Å². The Bertz CT molecular complexity index is 509. The van der Waals surface area contributed by atoms with Crippen molar-refractivity contribution in [1.82, 2.24) is 4.98 Å². The molecule has 0 aliphatic rings. The molecule has 2 aromatic rings. The van der Waals surface area contributed by atoms with E-state index >= 15 is 0 Å². The van der Waals surface area contributed by atoms with E-state index in [0.717, 1.165) is 22.0 Å². The average molecular weight is 322 g/mol. The normalized spacial score (nSPS) is 9.53. The van der Waals surface area contributed by atoms with Gasteiger partial charge in [0.25, 0.3) is 0 Å². The Morgan fingerprint density at radius 3 is 2.32 bits per heavy atom. The predicted molar refractivity (Wildman–Crippen MR) is 84.7 cm³/mol. The Balaban J connectivity index is 0.000000861. The lowest BCUT2D eigenvalue weighted by atomic mass is 10.0. The molecule has 0 amide bonds. The van der Waals surface area contributed by atoms with Crippen LogP contribution in [0.1, 0.15) is 26.3 Å². The van der Waals surface area contributed by atoms with E-state index in [1.165, 1.54) is 5.56 Å². The number of halogens is 1. The highest BCUT2D eigenvalue weighted by molar-refractivity contribution is 9.10. The molecule has 0 unspecified atom stereocenters. The standard InChI is InChI=1S/C14H14BrNO.C2H6/c1-3-10-4-6-11(7-5-10)12-8-14(17-2)16-9-13(12)15;1-2/h4-9H,3H2,1-2H3;1-2H3. The van der Waals surface area contributed by atoms with Crippen LogP contribution < -0.4 is 4.74 Å². The van der Waals surface area contributed by atoms with Crippen molar-refractivity contribution in [3.05, 3.63) is 46.6 Å². The van der Waals surface area contributed by atoms with E-state index in [1.54, 1.807) is 13.3 Å². The molecule has 19 heavy (non-hydrogen) atoms. The van der Waals surface area contributed by atoms with Crippen LogP contribution >= 0.6 is 15.9 Å². The molecule has 3 heteroatoms. The molecule has 0 spiro atoms. The Morgan fingerprint density at radius 2 is 1.79 bits per heavy atom. The molecule has 0 N–H and O–H groups in total. The van der Waals surface area contributed by atoms with Crippen LogP contribution in [-0.4, -0.2) is 12.1 Å². The summed E-state index contributed by atoms with van der Waals surface area (Å²) in [5, 5.41) is 0. The maximum absolute atomic E-state index is 5.14. The first-order chi connectivity index (χ1) is 9.24. The predicted octanol–water partition coefficient (Wildman–Crippen LogP) is 5.11. The highest BCUT2D eigenvalue weighted by Crippen LogP contribution is 2.30. The van der Waals surface area contributed by atoms with E-state index in [-0.39, 0.29) is 0 Å². The Hall–Kier alpha value is -1.35. The quantitative estimate of drug-likeness (QED) is 0.783. The van der Waals surface area contributed by atoms with Crippen LogP contribution in [0.2, 0.25) is 0 Å². The van der Waals surface area contributed by atoms with Crippen LogP contribution in [0.4, 0.5) is 0 Å². The number of methoxy groups -OCH3 is 1. The molecule has 0 saturated carbocycles. The molecule has 1 heterocycles. The molecule has 0 aliphatic carbocycles. The highest BCUT2D eigenvalue weighted by Gasteiger charge is 2.05. The van der Waals surface area contributed by atoms with E-state index in [4.69, 9.17) is 4.74 Å². The summed E-state index contributed by atoms with van der Waals surface area (Å²) >= 11 is 3.51. The fourth-order valence-corrected chi connectivity index (χ4v) is 2.12. The molecule has 2 rings (SSSR count). The zero-order chi connectivity index (χ0) is 14.3. The zero-order valence-electron chi connectivity index (χ0n) is 11.9. The molecule has 102 valence electrons. The number of ether oxygens (including phenoxy) is 1. The summed E-state index contributed by atoms with van der Waals surface area (Å²) in [6, 6.07) is 10.5. The summed E-state index contributed by atoms with van der Waals surface area (Å²) in [6.07, 6.45) is 2.82. The van der Waals surface area contributed by atoms with Gasteiger partial charge in [0.15, 0.2) is 0 Å². The molecular weight excluding hydrogens is 302 g/mol. The molecule has 0 atom stereocenters. The van der Waals surface area contributed by atoms with E-state index < -0.39 is 0 Å². The molecular formula is C16H20BrNO. The van der Waals surface area contributed by atoms with Crippen molar-refractivity contribution in [3.8, 4) is 17.0 Å². The SMILES string of the molecule is CC.CCc1ccc(-c2cc(OC)ncc2Br)cc1. The van der Waals surface area contributed by atoms with Gasteiger partial charge in [0.1, 0.15) is 0 Å². The summed E-state index contributed by atoms with van der Waals surface area (Å²) in [4.78, 5) is 4.15. The Morgan fingerprint density at radius 1 is 1.16 bits per heavy atom. The molecule has 1 aromatic heterocycles. The molecule has 0 aliphatic heterocycles. The second-order valence-electron chi connectivity index (χ2n) is 3.76. The minimum atomic E-state index is 0.628. The maximum Gasteiger partial charge on any atom is 0.213 e. The van der Waals surface area contributed by atoms with Gasteiger partial charge < -0.3 is 4.74 Å². The van der Waals surface area contributed by atoms with Crippen LogP contribution in [-0.2, 0) is 6.42 Å². The largest absolute Gasteiger partial charge is 0.481 e. The number of benzene rings is 1. The lowest BCUT2D eigenvalue weighted by Crippen LogP contribution is -1.89. The number of nitrogens with zero attached hydrogens (tertiary/aromatic N) is 1. The van der Waals surface area contributed by atoms with Gasteiger partial charge in [-0.15, -0.1) is 0 Å². The fraction of sp³-hybridized carbons (Fsp3) is 0.312. The molecule has 0 bridgehead atoms. The minimum Gasteiger partial charge on any atom is -0.481 e. The first kappa shape index (κ1) is 15.7. The summed E-state index contributed by atoms with van der Waals surface area (Å²) in [5.74, 6) is 0.628. The van der Waals surface area contributed by atoms with Crippen LogP contribution in [0.15, 0.2) is 41.0 Å². The third-order valence-corrected chi connectivity index (χ3v) is 3.34. The van der Waals surface area contributed by atoms with Gasteiger partial charge in [-0.3, -0.25) is 0 Å². The lowest BCUT2D eigenvalue weighted by molar-refractivity contribution is 0.398. The first-order valence-corrected chi connectivity index (χ1v) is 7.32. The van der Waals surface area contributed by atoms with E-state index in [1.807, 2.05) is 19.9 Å².